The molecule has 0 aliphatic carbocycles. The SMILES string of the molecule is CC(C)(C)N1CCN(CC#CCO)CC1. The predicted molar refractivity (Wildman–Crippen MR) is 62.6 cm³/mol. The van der Waals surface area contributed by atoms with Gasteiger partial charge in [-0.15, -0.1) is 0 Å². The Balaban J connectivity index is 2.30. The van der Waals surface area contributed by atoms with Crippen LogP contribution < -0.4 is 0 Å². The molecule has 15 heavy (non-hydrogen) atoms. The zero-order chi connectivity index (χ0) is 11.3. The van der Waals surface area contributed by atoms with Gasteiger partial charge in [0.25, 0.3) is 0 Å². The first-order valence-corrected chi connectivity index (χ1v) is 5.58. The Bertz CT molecular complexity index is 239. The molecule has 3 nitrogen and oxygen atoms in total. The van der Waals surface area contributed by atoms with Gasteiger partial charge >= 0.3 is 0 Å². The van der Waals surface area contributed by atoms with Crippen molar-refractivity contribution in [2.75, 3.05) is 39.3 Å². The number of nitrogens with zero attached hydrogens (tertiary/aromatic N) is 2. The Morgan fingerprint density at radius 2 is 1.67 bits per heavy atom. The lowest BCUT2D eigenvalue weighted by Crippen LogP contribution is -2.53. The van der Waals surface area contributed by atoms with Crippen LogP contribution in [0.4, 0.5) is 0 Å². The van der Waals surface area contributed by atoms with E-state index in [1.165, 1.54) is 0 Å². The molecule has 0 atom stereocenters. The topological polar surface area (TPSA) is 26.7 Å². The van der Waals surface area contributed by atoms with Crippen LogP contribution in [-0.4, -0.2) is 59.8 Å². The van der Waals surface area contributed by atoms with Crippen LogP contribution in [0.5, 0.6) is 0 Å². The van der Waals surface area contributed by atoms with Gasteiger partial charge in [-0.1, -0.05) is 11.8 Å². The second-order valence-electron chi connectivity index (χ2n) is 4.95. The molecule has 0 bridgehead atoms. The number of aliphatic hydroxyl groups excluding tert-OH is 1. The molecule has 1 heterocycles. The van der Waals surface area contributed by atoms with E-state index in [4.69, 9.17) is 5.11 Å². The van der Waals surface area contributed by atoms with Crippen LogP contribution in [0.2, 0.25) is 0 Å². The fourth-order valence-corrected chi connectivity index (χ4v) is 1.80. The van der Waals surface area contributed by atoms with Crippen molar-refractivity contribution in [1.82, 2.24) is 9.80 Å². The molecule has 0 amide bonds. The van der Waals surface area contributed by atoms with E-state index < -0.39 is 0 Å². The molecule has 1 saturated heterocycles. The molecule has 1 rings (SSSR count). The molecule has 1 aliphatic heterocycles. The standard InChI is InChI=1S/C12H22N2O/c1-12(2,3)14-9-7-13(8-10-14)6-4-5-11-15/h15H,6-11H2,1-3H3. The van der Waals surface area contributed by atoms with E-state index in [0.717, 1.165) is 32.7 Å². The Kier molecular flexibility index (Phi) is 4.59. The van der Waals surface area contributed by atoms with E-state index >= 15 is 0 Å². The van der Waals surface area contributed by atoms with Gasteiger partial charge in [0, 0.05) is 31.7 Å². The summed E-state index contributed by atoms with van der Waals surface area (Å²) in [7, 11) is 0. The van der Waals surface area contributed by atoms with Gasteiger partial charge in [0.15, 0.2) is 0 Å². The highest BCUT2D eigenvalue weighted by Crippen LogP contribution is 2.15. The van der Waals surface area contributed by atoms with Crippen LogP contribution in [0.3, 0.4) is 0 Å². The average Bonchev–Trinajstić information content (AvgIpc) is 2.18. The lowest BCUT2D eigenvalue weighted by atomic mass is 10.1. The summed E-state index contributed by atoms with van der Waals surface area (Å²) in [6.07, 6.45) is 0. The van der Waals surface area contributed by atoms with Crippen molar-refractivity contribution >= 4 is 0 Å². The molecule has 0 aromatic rings. The van der Waals surface area contributed by atoms with Crippen LogP contribution in [0.1, 0.15) is 20.8 Å². The van der Waals surface area contributed by atoms with Crippen LogP contribution >= 0.6 is 0 Å². The second-order valence-corrected chi connectivity index (χ2v) is 4.95. The van der Waals surface area contributed by atoms with Crippen LogP contribution in [0.15, 0.2) is 0 Å². The van der Waals surface area contributed by atoms with Gasteiger partial charge in [-0.25, -0.2) is 0 Å². The van der Waals surface area contributed by atoms with Gasteiger partial charge in [0.1, 0.15) is 6.61 Å². The van der Waals surface area contributed by atoms with Crippen LogP contribution in [-0.2, 0) is 0 Å². The van der Waals surface area contributed by atoms with E-state index in [-0.39, 0.29) is 12.1 Å². The quantitative estimate of drug-likeness (QED) is 0.635. The van der Waals surface area contributed by atoms with E-state index in [1.54, 1.807) is 0 Å². The van der Waals surface area contributed by atoms with E-state index in [9.17, 15) is 0 Å². The third-order valence-corrected chi connectivity index (χ3v) is 2.83. The molecule has 0 aromatic carbocycles. The summed E-state index contributed by atoms with van der Waals surface area (Å²) in [5, 5.41) is 8.54. The zero-order valence-electron chi connectivity index (χ0n) is 10.1. The maximum Gasteiger partial charge on any atom is 0.104 e. The smallest absolute Gasteiger partial charge is 0.104 e. The molecule has 0 saturated carbocycles. The van der Waals surface area contributed by atoms with Crippen molar-refractivity contribution in [2.24, 2.45) is 0 Å². The average molecular weight is 210 g/mol. The molecule has 1 N–H and O–H groups in total. The van der Waals surface area contributed by atoms with Gasteiger partial charge in [-0.3, -0.25) is 9.80 Å². The fourth-order valence-electron chi connectivity index (χ4n) is 1.80. The number of hydrogen-bond acceptors (Lipinski definition) is 3. The lowest BCUT2D eigenvalue weighted by molar-refractivity contribution is 0.0683. The maximum atomic E-state index is 8.54. The minimum Gasteiger partial charge on any atom is -0.384 e. The molecular weight excluding hydrogens is 188 g/mol. The highest BCUT2D eigenvalue weighted by molar-refractivity contribution is 5.01. The summed E-state index contributed by atoms with van der Waals surface area (Å²) in [6, 6.07) is 0. The number of aliphatic hydroxyl groups is 1. The van der Waals surface area contributed by atoms with Crippen molar-refractivity contribution in [1.29, 1.82) is 0 Å². The molecule has 0 unspecified atom stereocenters. The Morgan fingerprint density at radius 3 is 2.13 bits per heavy atom. The second kappa shape index (κ2) is 5.50. The van der Waals surface area contributed by atoms with E-state index in [1.807, 2.05) is 0 Å². The highest BCUT2D eigenvalue weighted by atomic mass is 16.2. The van der Waals surface area contributed by atoms with Crippen molar-refractivity contribution in [2.45, 2.75) is 26.3 Å². The molecule has 0 spiro atoms. The first kappa shape index (κ1) is 12.5. The summed E-state index contributed by atoms with van der Waals surface area (Å²) in [5.41, 5.74) is 0.281. The fraction of sp³-hybridized carbons (Fsp3) is 0.833. The molecule has 1 fully saturated rings. The summed E-state index contributed by atoms with van der Waals surface area (Å²) in [5.74, 6) is 5.65. The van der Waals surface area contributed by atoms with Crippen molar-refractivity contribution in [3.05, 3.63) is 0 Å². The van der Waals surface area contributed by atoms with Crippen molar-refractivity contribution < 1.29 is 5.11 Å². The largest absolute Gasteiger partial charge is 0.384 e. The third-order valence-electron chi connectivity index (χ3n) is 2.83. The number of rotatable bonds is 1. The van der Waals surface area contributed by atoms with E-state index in [2.05, 4.69) is 42.4 Å². The lowest BCUT2D eigenvalue weighted by Gasteiger charge is -2.41. The van der Waals surface area contributed by atoms with Crippen LogP contribution in [0, 0.1) is 11.8 Å². The zero-order valence-corrected chi connectivity index (χ0v) is 10.1. The number of piperazine rings is 1. The Morgan fingerprint density at radius 1 is 1.07 bits per heavy atom. The summed E-state index contributed by atoms with van der Waals surface area (Å²) in [6.45, 7) is 11.9. The number of hydrogen-bond donors (Lipinski definition) is 1. The molecule has 0 aromatic heterocycles. The minimum atomic E-state index is -0.0258. The van der Waals surface area contributed by atoms with Gasteiger partial charge in [0.2, 0.25) is 0 Å². The van der Waals surface area contributed by atoms with Crippen LogP contribution in [0.25, 0.3) is 0 Å². The maximum absolute atomic E-state index is 8.54. The molecule has 0 radical (unpaired) electrons. The minimum absolute atomic E-state index is 0.0258. The Labute approximate surface area is 93.1 Å². The first-order chi connectivity index (χ1) is 7.04. The van der Waals surface area contributed by atoms with E-state index in [0.29, 0.717) is 0 Å². The summed E-state index contributed by atoms with van der Waals surface area (Å²) >= 11 is 0. The first-order valence-electron chi connectivity index (χ1n) is 5.58. The van der Waals surface area contributed by atoms with Crippen molar-refractivity contribution in [3.63, 3.8) is 0 Å². The normalized spacial score (nSPS) is 19.7. The summed E-state index contributed by atoms with van der Waals surface area (Å²) < 4.78 is 0. The molecule has 1 aliphatic rings. The predicted octanol–water partition coefficient (Wildman–Crippen LogP) is 0.398. The molecule has 3 heteroatoms. The van der Waals surface area contributed by atoms with Gasteiger partial charge < -0.3 is 5.11 Å². The van der Waals surface area contributed by atoms with Gasteiger partial charge in [-0.2, -0.15) is 0 Å². The van der Waals surface area contributed by atoms with Crippen molar-refractivity contribution in [3.8, 4) is 11.8 Å². The highest BCUT2D eigenvalue weighted by Gasteiger charge is 2.25. The molecular formula is C12H22N2O. The third kappa shape index (κ3) is 4.21. The summed E-state index contributed by atoms with van der Waals surface area (Å²) in [4.78, 5) is 4.84. The monoisotopic (exact) mass is 210 g/mol. The van der Waals surface area contributed by atoms with Gasteiger partial charge in [0.05, 0.1) is 6.54 Å². The Hall–Kier alpha value is -0.560. The van der Waals surface area contributed by atoms with Gasteiger partial charge in [-0.05, 0) is 20.8 Å². The molecule has 86 valence electrons.